The molecule has 4 nitrogen and oxygen atoms in total. The largest absolute Gasteiger partial charge is 0.352 e. The lowest BCUT2D eigenvalue weighted by Crippen LogP contribution is -2.25. The van der Waals surface area contributed by atoms with Gasteiger partial charge in [0.05, 0.1) is 0 Å². The predicted octanol–water partition coefficient (Wildman–Crippen LogP) is 1.87. The summed E-state index contributed by atoms with van der Waals surface area (Å²) in [5, 5.41) is 0. The van der Waals surface area contributed by atoms with E-state index in [0.29, 0.717) is 6.42 Å². The summed E-state index contributed by atoms with van der Waals surface area (Å²) < 4.78 is 0. The van der Waals surface area contributed by atoms with Gasteiger partial charge in [-0.25, -0.2) is 4.79 Å². The van der Waals surface area contributed by atoms with Gasteiger partial charge in [-0.2, -0.15) is 4.89 Å². The average Bonchev–Trinajstić information content (AvgIpc) is 2.14. The van der Waals surface area contributed by atoms with E-state index >= 15 is 0 Å². The van der Waals surface area contributed by atoms with Gasteiger partial charge in [0.15, 0.2) is 0 Å². The van der Waals surface area contributed by atoms with Crippen LogP contribution in [0.15, 0.2) is 0 Å². The Morgan fingerprint density at radius 1 is 1.21 bits per heavy atom. The van der Waals surface area contributed by atoms with E-state index in [1.165, 1.54) is 6.92 Å². The Kier molecular flexibility index (Phi) is 6.12. The summed E-state index contributed by atoms with van der Waals surface area (Å²) in [4.78, 5) is 31.6. The fourth-order valence-corrected chi connectivity index (χ4v) is 0.876. The summed E-state index contributed by atoms with van der Waals surface area (Å²) in [5.41, 5.74) is 0. The molecule has 0 rings (SSSR count). The standard InChI is InChI=1S/C10H18O4/c1-5-7(3)13-14-10(12)9(6-2)8(4)11/h7,9H,5-6H2,1-4H3. The molecule has 0 N–H and O–H groups in total. The Morgan fingerprint density at radius 2 is 1.79 bits per heavy atom. The van der Waals surface area contributed by atoms with E-state index in [4.69, 9.17) is 4.89 Å². The zero-order valence-corrected chi connectivity index (χ0v) is 9.20. The van der Waals surface area contributed by atoms with Crippen LogP contribution in [0.2, 0.25) is 0 Å². The number of hydrogen-bond donors (Lipinski definition) is 0. The van der Waals surface area contributed by atoms with Gasteiger partial charge in [-0.1, -0.05) is 13.8 Å². The van der Waals surface area contributed by atoms with Crippen molar-refractivity contribution in [3.05, 3.63) is 0 Å². The third-order valence-corrected chi connectivity index (χ3v) is 2.05. The monoisotopic (exact) mass is 202 g/mol. The topological polar surface area (TPSA) is 52.6 Å². The molecule has 0 spiro atoms. The van der Waals surface area contributed by atoms with Crippen molar-refractivity contribution in [2.45, 2.75) is 46.6 Å². The fraction of sp³-hybridized carbons (Fsp3) is 0.800. The first-order chi connectivity index (χ1) is 6.52. The molecule has 0 aliphatic rings. The molecule has 0 bridgehead atoms. The minimum absolute atomic E-state index is 0.136. The van der Waals surface area contributed by atoms with E-state index in [0.717, 1.165) is 6.42 Å². The maximum atomic E-state index is 11.3. The van der Waals surface area contributed by atoms with Gasteiger partial charge in [0.1, 0.15) is 17.8 Å². The van der Waals surface area contributed by atoms with E-state index in [1.54, 1.807) is 13.8 Å². The van der Waals surface area contributed by atoms with Crippen molar-refractivity contribution in [2.75, 3.05) is 0 Å². The SMILES string of the molecule is CCC(C)OOC(=O)C(CC)C(C)=O. The van der Waals surface area contributed by atoms with Crippen LogP contribution in [-0.2, 0) is 19.4 Å². The lowest BCUT2D eigenvalue weighted by atomic mass is 10.0. The number of carbonyl (C=O) groups excluding carboxylic acids is 2. The quantitative estimate of drug-likeness (QED) is 0.375. The van der Waals surface area contributed by atoms with Crippen LogP contribution in [0.25, 0.3) is 0 Å². The van der Waals surface area contributed by atoms with Gasteiger partial charge in [-0.15, -0.1) is 0 Å². The minimum Gasteiger partial charge on any atom is -0.299 e. The van der Waals surface area contributed by atoms with Crippen molar-refractivity contribution in [3.63, 3.8) is 0 Å². The second-order valence-electron chi connectivity index (χ2n) is 3.29. The summed E-state index contributed by atoms with van der Waals surface area (Å²) in [6, 6.07) is 0. The van der Waals surface area contributed by atoms with Gasteiger partial charge < -0.3 is 0 Å². The molecule has 0 fully saturated rings. The molecule has 0 aromatic carbocycles. The van der Waals surface area contributed by atoms with Crippen LogP contribution >= 0.6 is 0 Å². The summed E-state index contributed by atoms with van der Waals surface area (Å²) in [7, 11) is 0. The Labute approximate surface area is 84.5 Å². The lowest BCUT2D eigenvalue weighted by Gasteiger charge is -2.12. The van der Waals surface area contributed by atoms with Crippen LogP contribution in [0.5, 0.6) is 0 Å². The molecule has 0 aliphatic carbocycles. The minimum atomic E-state index is -0.695. The van der Waals surface area contributed by atoms with Crippen molar-refractivity contribution < 1.29 is 19.4 Å². The molecule has 2 unspecified atom stereocenters. The smallest absolute Gasteiger partial charge is 0.299 e. The summed E-state index contributed by atoms with van der Waals surface area (Å²) in [6.45, 7) is 6.85. The van der Waals surface area contributed by atoms with Crippen LogP contribution in [0.3, 0.4) is 0 Å². The molecule has 14 heavy (non-hydrogen) atoms. The highest BCUT2D eigenvalue weighted by Gasteiger charge is 2.24. The molecule has 0 saturated carbocycles. The van der Waals surface area contributed by atoms with Gasteiger partial charge in [-0.05, 0) is 26.7 Å². The Balaban J connectivity index is 3.99. The van der Waals surface area contributed by atoms with Crippen molar-refractivity contribution in [1.29, 1.82) is 0 Å². The van der Waals surface area contributed by atoms with Crippen molar-refractivity contribution in [3.8, 4) is 0 Å². The normalized spacial score (nSPS) is 14.6. The lowest BCUT2D eigenvalue weighted by molar-refractivity contribution is -0.297. The molecular weight excluding hydrogens is 184 g/mol. The number of hydrogen-bond acceptors (Lipinski definition) is 4. The summed E-state index contributed by atoms with van der Waals surface area (Å²) in [6.07, 6.45) is 1.06. The molecule has 0 heterocycles. The number of carbonyl (C=O) groups is 2. The molecule has 82 valence electrons. The number of ketones is 1. The van der Waals surface area contributed by atoms with E-state index in [2.05, 4.69) is 4.89 Å². The zero-order valence-electron chi connectivity index (χ0n) is 9.20. The maximum Gasteiger partial charge on any atom is 0.352 e. The van der Waals surface area contributed by atoms with E-state index < -0.39 is 11.9 Å². The first kappa shape index (κ1) is 13.1. The molecule has 0 aliphatic heterocycles. The first-order valence-corrected chi connectivity index (χ1v) is 4.90. The first-order valence-electron chi connectivity index (χ1n) is 4.90. The third kappa shape index (κ3) is 4.37. The predicted molar refractivity (Wildman–Crippen MR) is 51.4 cm³/mol. The van der Waals surface area contributed by atoms with Gasteiger partial charge >= 0.3 is 5.97 Å². The summed E-state index contributed by atoms with van der Waals surface area (Å²) in [5.74, 6) is -1.48. The molecule has 0 aromatic rings. The summed E-state index contributed by atoms with van der Waals surface area (Å²) >= 11 is 0. The van der Waals surface area contributed by atoms with Crippen LogP contribution < -0.4 is 0 Å². The maximum absolute atomic E-state index is 11.3. The van der Waals surface area contributed by atoms with Crippen LogP contribution in [0.4, 0.5) is 0 Å². The molecule has 0 radical (unpaired) electrons. The van der Waals surface area contributed by atoms with Gasteiger partial charge in [0, 0.05) is 0 Å². The Bertz CT molecular complexity index is 200. The van der Waals surface area contributed by atoms with E-state index in [-0.39, 0.29) is 11.9 Å². The highest BCUT2D eigenvalue weighted by molar-refractivity contribution is 5.97. The van der Waals surface area contributed by atoms with E-state index in [1.807, 2.05) is 6.92 Å². The van der Waals surface area contributed by atoms with E-state index in [9.17, 15) is 9.59 Å². The van der Waals surface area contributed by atoms with Gasteiger partial charge in [0.2, 0.25) is 0 Å². The fourth-order valence-electron chi connectivity index (χ4n) is 0.876. The third-order valence-electron chi connectivity index (χ3n) is 2.05. The molecule has 4 heteroatoms. The van der Waals surface area contributed by atoms with Gasteiger partial charge in [-0.3, -0.25) is 9.68 Å². The van der Waals surface area contributed by atoms with Crippen LogP contribution in [0, 0.1) is 5.92 Å². The van der Waals surface area contributed by atoms with Crippen LogP contribution in [-0.4, -0.2) is 17.9 Å². The van der Waals surface area contributed by atoms with Crippen molar-refractivity contribution in [1.82, 2.24) is 0 Å². The highest BCUT2D eigenvalue weighted by Crippen LogP contribution is 2.08. The molecule has 0 aromatic heterocycles. The highest BCUT2D eigenvalue weighted by atomic mass is 17.2. The van der Waals surface area contributed by atoms with Gasteiger partial charge in [0.25, 0.3) is 0 Å². The van der Waals surface area contributed by atoms with Crippen LogP contribution in [0.1, 0.15) is 40.5 Å². The molecule has 0 amide bonds. The Morgan fingerprint density at radius 3 is 2.14 bits per heavy atom. The number of Topliss-reactive ketones (excluding diaryl/α,β-unsaturated/α-hetero) is 1. The second-order valence-corrected chi connectivity index (χ2v) is 3.29. The van der Waals surface area contributed by atoms with Crippen molar-refractivity contribution in [2.24, 2.45) is 5.92 Å². The number of rotatable bonds is 6. The Hall–Kier alpha value is -0.900. The molecule has 0 saturated heterocycles. The molecule has 2 atom stereocenters. The second kappa shape index (κ2) is 6.54. The average molecular weight is 202 g/mol. The molecular formula is C10H18O4. The van der Waals surface area contributed by atoms with Crippen molar-refractivity contribution >= 4 is 11.8 Å². The zero-order chi connectivity index (χ0) is 11.1.